The Morgan fingerprint density at radius 1 is 1.42 bits per heavy atom. The zero-order chi connectivity index (χ0) is 9.14. The van der Waals surface area contributed by atoms with Crippen LogP contribution in [0.2, 0.25) is 0 Å². The highest BCUT2D eigenvalue weighted by Crippen LogP contribution is 2.13. The first-order chi connectivity index (χ1) is 5.70. The van der Waals surface area contributed by atoms with Crippen LogP contribution in [0.1, 0.15) is 23.9 Å². The van der Waals surface area contributed by atoms with Crippen LogP contribution in [0.3, 0.4) is 0 Å². The summed E-state index contributed by atoms with van der Waals surface area (Å²) >= 11 is 4.23. The number of hydrogen-bond donors (Lipinski definition) is 1. The summed E-state index contributed by atoms with van der Waals surface area (Å²) in [5, 5.41) is 4.43. The van der Waals surface area contributed by atoms with Crippen LogP contribution in [0.5, 0.6) is 0 Å². The highest BCUT2D eigenvalue weighted by atomic mass is 32.1. The smallest absolute Gasteiger partial charge is 0.0628 e. The van der Waals surface area contributed by atoms with Crippen LogP contribution < -0.4 is 0 Å². The molecule has 12 heavy (non-hydrogen) atoms. The van der Waals surface area contributed by atoms with Gasteiger partial charge in [0, 0.05) is 12.2 Å². The van der Waals surface area contributed by atoms with Crippen LogP contribution in [-0.4, -0.2) is 15.5 Å². The van der Waals surface area contributed by atoms with Crippen LogP contribution in [0, 0.1) is 13.8 Å². The Morgan fingerprint density at radius 2 is 2.08 bits per heavy atom. The van der Waals surface area contributed by atoms with Gasteiger partial charge in [-0.3, -0.25) is 4.68 Å². The van der Waals surface area contributed by atoms with Crippen molar-refractivity contribution in [3.63, 3.8) is 0 Å². The van der Waals surface area contributed by atoms with Gasteiger partial charge in [0.25, 0.3) is 0 Å². The summed E-state index contributed by atoms with van der Waals surface area (Å²) in [6, 6.07) is 0. The molecule has 1 rings (SSSR count). The summed E-state index contributed by atoms with van der Waals surface area (Å²) in [5.41, 5.74) is 3.82. The molecule has 0 atom stereocenters. The first-order valence-electron chi connectivity index (χ1n) is 4.34. The largest absolute Gasteiger partial charge is 0.270 e. The molecule has 0 aromatic carbocycles. The number of aryl methyl sites for hydroxylation is 2. The number of rotatable bonds is 3. The standard InChI is InChI=1S/C9H16N2S/c1-4-11-8(3)9(5-6-12)7(2)10-11/h12H,4-6H2,1-3H3. The van der Waals surface area contributed by atoms with E-state index >= 15 is 0 Å². The molecule has 0 aliphatic carbocycles. The zero-order valence-corrected chi connectivity index (χ0v) is 8.86. The van der Waals surface area contributed by atoms with E-state index in [0.717, 1.165) is 24.4 Å². The van der Waals surface area contributed by atoms with Crippen LogP contribution in [0.25, 0.3) is 0 Å². The molecule has 0 bridgehead atoms. The molecule has 0 radical (unpaired) electrons. The van der Waals surface area contributed by atoms with Gasteiger partial charge in [0.1, 0.15) is 0 Å². The van der Waals surface area contributed by atoms with Gasteiger partial charge in [-0.2, -0.15) is 17.7 Å². The summed E-state index contributed by atoms with van der Waals surface area (Å²) in [4.78, 5) is 0. The molecule has 0 spiro atoms. The average Bonchev–Trinajstić information content (AvgIpc) is 2.32. The van der Waals surface area contributed by atoms with Gasteiger partial charge in [-0.25, -0.2) is 0 Å². The van der Waals surface area contributed by atoms with Crippen LogP contribution in [0.15, 0.2) is 0 Å². The predicted molar refractivity (Wildman–Crippen MR) is 54.9 cm³/mol. The van der Waals surface area contributed by atoms with Gasteiger partial charge in [0.2, 0.25) is 0 Å². The molecule has 0 saturated carbocycles. The topological polar surface area (TPSA) is 17.8 Å². The maximum absolute atomic E-state index is 4.43. The van der Waals surface area contributed by atoms with E-state index in [1.807, 2.05) is 4.68 Å². The molecule has 0 aliphatic heterocycles. The van der Waals surface area contributed by atoms with Crippen molar-refractivity contribution >= 4 is 12.6 Å². The van der Waals surface area contributed by atoms with Gasteiger partial charge < -0.3 is 0 Å². The average molecular weight is 184 g/mol. The van der Waals surface area contributed by atoms with Crippen molar-refractivity contribution in [1.29, 1.82) is 0 Å². The molecule has 3 heteroatoms. The molecule has 0 amide bonds. The third-order valence-corrected chi connectivity index (χ3v) is 2.42. The van der Waals surface area contributed by atoms with E-state index in [2.05, 4.69) is 38.5 Å². The van der Waals surface area contributed by atoms with E-state index in [1.165, 1.54) is 11.3 Å². The Morgan fingerprint density at radius 3 is 2.50 bits per heavy atom. The molecule has 2 nitrogen and oxygen atoms in total. The van der Waals surface area contributed by atoms with E-state index in [4.69, 9.17) is 0 Å². The van der Waals surface area contributed by atoms with E-state index in [0.29, 0.717) is 0 Å². The van der Waals surface area contributed by atoms with Crippen molar-refractivity contribution in [2.45, 2.75) is 33.7 Å². The molecule has 1 aromatic rings. The summed E-state index contributed by atoms with van der Waals surface area (Å²) in [5.74, 6) is 0.900. The minimum Gasteiger partial charge on any atom is -0.270 e. The molecule has 0 fully saturated rings. The van der Waals surface area contributed by atoms with E-state index in [1.54, 1.807) is 0 Å². The molecule has 1 heterocycles. The summed E-state index contributed by atoms with van der Waals surface area (Å²) in [6.45, 7) is 7.27. The van der Waals surface area contributed by atoms with Gasteiger partial charge in [-0.1, -0.05) is 0 Å². The van der Waals surface area contributed by atoms with Crippen molar-refractivity contribution in [1.82, 2.24) is 9.78 Å². The minimum atomic E-state index is 0.900. The predicted octanol–water partition coefficient (Wildman–Crippen LogP) is 1.99. The fraction of sp³-hybridized carbons (Fsp3) is 0.667. The molecule has 0 aliphatic rings. The van der Waals surface area contributed by atoms with Gasteiger partial charge in [-0.05, 0) is 38.5 Å². The molecule has 0 N–H and O–H groups in total. The van der Waals surface area contributed by atoms with Gasteiger partial charge in [0.15, 0.2) is 0 Å². The van der Waals surface area contributed by atoms with Crippen molar-refractivity contribution in [3.8, 4) is 0 Å². The van der Waals surface area contributed by atoms with Crippen molar-refractivity contribution in [2.24, 2.45) is 0 Å². The number of thiol groups is 1. The summed E-state index contributed by atoms with van der Waals surface area (Å²) in [7, 11) is 0. The van der Waals surface area contributed by atoms with Crippen molar-refractivity contribution in [3.05, 3.63) is 17.0 Å². The molecule has 68 valence electrons. The molecular weight excluding hydrogens is 168 g/mol. The first kappa shape index (κ1) is 9.65. The maximum Gasteiger partial charge on any atom is 0.0628 e. The lowest BCUT2D eigenvalue weighted by Gasteiger charge is -2.00. The Hall–Kier alpha value is -0.440. The second-order valence-corrected chi connectivity index (χ2v) is 3.39. The van der Waals surface area contributed by atoms with Crippen LogP contribution in [0.4, 0.5) is 0 Å². The highest BCUT2D eigenvalue weighted by Gasteiger charge is 2.08. The Bertz CT molecular complexity index is 266. The maximum atomic E-state index is 4.43. The summed E-state index contributed by atoms with van der Waals surface area (Å²) < 4.78 is 2.05. The lowest BCUT2D eigenvalue weighted by molar-refractivity contribution is 0.633. The first-order valence-corrected chi connectivity index (χ1v) is 4.97. The Kier molecular flexibility index (Phi) is 3.20. The molecule has 1 aromatic heterocycles. The molecule has 0 unspecified atom stereocenters. The second kappa shape index (κ2) is 3.99. The van der Waals surface area contributed by atoms with E-state index in [-0.39, 0.29) is 0 Å². The number of nitrogens with zero attached hydrogens (tertiary/aromatic N) is 2. The Balaban J connectivity index is 3.01. The molecular formula is C9H16N2S. The quantitative estimate of drug-likeness (QED) is 0.711. The minimum absolute atomic E-state index is 0.900. The lowest BCUT2D eigenvalue weighted by atomic mass is 10.1. The second-order valence-electron chi connectivity index (χ2n) is 2.94. The molecule has 0 saturated heterocycles. The summed E-state index contributed by atoms with van der Waals surface area (Å²) in [6.07, 6.45) is 1.03. The fourth-order valence-electron chi connectivity index (χ4n) is 1.52. The third kappa shape index (κ3) is 1.66. The zero-order valence-electron chi connectivity index (χ0n) is 7.96. The van der Waals surface area contributed by atoms with Crippen LogP contribution >= 0.6 is 12.6 Å². The third-order valence-electron chi connectivity index (χ3n) is 2.19. The van der Waals surface area contributed by atoms with Crippen molar-refractivity contribution in [2.75, 3.05) is 5.75 Å². The normalized spacial score (nSPS) is 10.7. The van der Waals surface area contributed by atoms with Crippen LogP contribution in [-0.2, 0) is 13.0 Å². The lowest BCUT2D eigenvalue weighted by Crippen LogP contribution is -1.99. The SMILES string of the molecule is CCn1nc(C)c(CCS)c1C. The van der Waals surface area contributed by atoms with Crippen molar-refractivity contribution < 1.29 is 0 Å². The van der Waals surface area contributed by atoms with Gasteiger partial charge in [-0.15, -0.1) is 0 Å². The Labute approximate surface area is 79.4 Å². The fourth-order valence-corrected chi connectivity index (χ4v) is 1.74. The van der Waals surface area contributed by atoms with E-state index in [9.17, 15) is 0 Å². The van der Waals surface area contributed by atoms with E-state index < -0.39 is 0 Å². The monoisotopic (exact) mass is 184 g/mol. The van der Waals surface area contributed by atoms with Gasteiger partial charge in [0.05, 0.1) is 5.69 Å². The van der Waals surface area contributed by atoms with Gasteiger partial charge >= 0.3 is 0 Å². The number of aromatic nitrogens is 2. The number of hydrogen-bond acceptors (Lipinski definition) is 2. The highest BCUT2D eigenvalue weighted by molar-refractivity contribution is 7.80.